The Kier molecular flexibility index (Phi) is 10.7. The summed E-state index contributed by atoms with van der Waals surface area (Å²) in [5.74, 6) is 0.140. The number of rotatable bonds is 11. The predicted octanol–water partition coefficient (Wildman–Crippen LogP) is 13.2. The molecular weight excluding hydrogens is 579 g/mol. The van der Waals surface area contributed by atoms with E-state index in [4.69, 9.17) is 0 Å². The summed E-state index contributed by atoms with van der Waals surface area (Å²) in [6.07, 6.45) is 16.7. The molecule has 0 saturated carbocycles. The molecular formula is C47H41N. The van der Waals surface area contributed by atoms with E-state index in [9.17, 15) is 0 Å². The molecule has 0 aliphatic carbocycles. The molecule has 0 spiro atoms. The maximum atomic E-state index is 2.31. The van der Waals surface area contributed by atoms with Crippen LogP contribution >= 0.6 is 0 Å². The van der Waals surface area contributed by atoms with Gasteiger partial charge in [-0.15, -0.1) is 0 Å². The molecule has 0 bridgehead atoms. The first-order valence-electron chi connectivity index (χ1n) is 16.6. The van der Waals surface area contributed by atoms with Crippen LogP contribution < -0.4 is 4.90 Å². The number of nitrogens with zero attached hydrogens (tertiary/aromatic N) is 1. The third-order valence-corrected chi connectivity index (χ3v) is 8.41. The molecule has 0 saturated heterocycles. The Balaban J connectivity index is 1.30. The van der Waals surface area contributed by atoms with Gasteiger partial charge in [-0.3, -0.25) is 0 Å². The van der Waals surface area contributed by atoms with Gasteiger partial charge in [-0.1, -0.05) is 170 Å². The Morgan fingerprint density at radius 3 is 1.50 bits per heavy atom. The van der Waals surface area contributed by atoms with Crippen LogP contribution in [0.5, 0.6) is 0 Å². The van der Waals surface area contributed by atoms with Gasteiger partial charge in [-0.25, -0.2) is 0 Å². The van der Waals surface area contributed by atoms with Gasteiger partial charge in [-0.05, 0) is 89.2 Å². The fourth-order valence-corrected chi connectivity index (χ4v) is 6.08. The Bertz CT molecular complexity index is 1860. The van der Waals surface area contributed by atoms with E-state index in [-0.39, 0.29) is 5.92 Å². The van der Waals surface area contributed by atoms with Crippen molar-refractivity contribution in [3.05, 3.63) is 222 Å². The topological polar surface area (TPSA) is 3.24 Å². The molecule has 0 N–H and O–H groups in total. The highest BCUT2D eigenvalue weighted by atomic mass is 15.1. The van der Waals surface area contributed by atoms with Crippen LogP contribution in [0.15, 0.2) is 194 Å². The van der Waals surface area contributed by atoms with Crippen LogP contribution in [-0.4, -0.2) is 0 Å². The standard InChI is InChI=1S/C47H41N/c1-3-5-9-17-37-19-15-23-43(35-37)47(41-21-11-7-12-22-41)42-29-27-39(28-30-42)40-31-33-45(34-32-40)48(44-24-13-8-14-25-44)46-26-16-20-38(36-46)18-10-6-4-2/h3-36,47H,1-2H3/b5-3+,6-4+,17-9+,18-10+. The lowest BCUT2D eigenvalue weighted by Gasteiger charge is -2.26. The van der Waals surface area contributed by atoms with E-state index >= 15 is 0 Å². The van der Waals surface area contributed by atoms with Gasteiger partial charge in [0.1, 0.15) is 0 Å². The fourth-order valence-electron chi connectivity index (χ4n) is 6.08. The first kappa shape index (κ1) is 32.0. The largest absolute Gasteiger partial charge is 0.310 e. The Hall–Kier alpha value is -5.92. The number of anilines is 3. The number of para-hydroxylation sites is 1. The van der Waals surface area contributed by atoms with Gasteiger partial charge in [0.25, 0.3) is 0 Å². The zero-order valence-corrected chi connectivity index (χ0v) is 27.7. The lowest BCUT2D eigenvalue weighted by molar-refractivity contribution is 0.977. The van der Waals surface area contributed by atoms with Gasteiger partial charge in [0.2, 0.25) is 0 Å². The second-order valence-corrected chi connectivity index (χ2v) is 11.7. The normalized spacial score (nSPS) is 12.4. The van der Waals surface area contributed by atoms with Crippen molar-refractivity contribution in [2.24, 2.45) is 0 Å². The molecule has 6 aromatic carbocycles. The van der Waals surface area contributed by atoms with Crippen LogP contribution in [-0.2, 0) is 0 Å². The van der Waals surface area contributed by atoms with Crippen LogP contribution in [0.4, 0.5) is 17.1 Å². The van der Waals surface area contributed by atoms with E-state index in [0.717, 1.165) is 22.6 Å². The van der Waals surface area contributed by atoms with Crippen molar-refractivity contribution in [3.8, 4) is 11.1 Å². The molecule has 0 fully saturated rings. The number of benzene rings is 6. The van der Waals surface area contributed by atoms with Crippen molar-refractivity contribution in [1.82, 2.24) is 0 Å². The second-order valence-electron chi connectivity index (χ2n) is 11.7. The minimum absolute atomic E-state index is 0.140. The van der Waals surface area contributed by atoms with E-state index in [1.165, 1.54) is 33.4 Å². The molecule has 6 aromatic rings. The molecule has 48 heavy (non-hydrogen) atoms. The van der Waals surface area contributed by atoms with Crippen molar-refractivity contribution in [3.63, 3.8) is 0 Å². The molecule has 0 aliphatic rings. The second kappa shape index (κ2) is 16.1. The van der Waals surface area contributed by atoms with Gasteiger partial charge in [0.05, 0.1) is 0 Å². The van der Waals surface area contributed by atoms with Crippen LogP contribution in [0.3, 0.4) is 0 Å². The summed E-state index contributed by atoms with van der Waals surface area (Å²) in [5, 5.41) is 0. The van der Waals surface area contributed by atoms with E-state index in [2.05, 4.69) is 199 Å². The molecule has 234 valence electrons. The lowest BCUT2D eigenvalue weighted by atomic mass is 9.84. The van der Waals surface area contributed by atoms with Crippen LogP contribution in [0.1, 0.15) is 47.6 Å². The van der Waals surface area contributed by atoms with Gasteiger partial charge < -0.3 is 4.90 Å². The smallest absolute Gasteiger partial charge is 0.0467 e. The molecule has 0 heterocycles. The fraction of sp³-hybridized carbons (Fsp3) is 0.0638. The summed E-state index contributed by atoms with van der Waals surface area (Å²) in [5.41, 5.74) is 11.9. The Morgan fingerprint density at radius 2 is 0.875 bits per heavy atom. The summed E-state index contributed by atoms with van der Waals surface area (Å²) in [7, 11) is 0. The van der Waals surface area contributed by atoms with Gasteiger partial charge >= 0.3 is 0 Å². The van der Waals surface area contributed by atoms with E-state index < -0.39 is 0 Å². The summed E-state index contributed by atoms with van der Waals surface area (Å²) in [4.78, 5) is 2.31. The summed E-state index contributed by atoms with van der Waals surface area (Å²) < 4.78 is 0. The Labute approximate surface area is 286 Å². The highest BCUT2D eigenvalue weighted by Crippen LogP contribution is 2.37. The average molecular weight is 620 g/mol. The van der Waals surface area contributed by atoms with Crippen LogP contribution in [0.25, 0.3) is 23.3 Å². The molecule has 1 nitrogen and oxygen atoms in total. The van der Waals surface area contributed by atoms with E-state index in [1.54, 1.807) is 0 Å². The third-order valence-electron chi connectivity index (χ3n) is 8.41. The molecule has 0 amide bonds. The molecule has 0 aliphatic heterocycles. The van der Waals surface area contributed by atoms with Crippen molar-refractivity contribution in [2.45, 2.75) is 19.8 Å². The van der Waals surface area contributed by atoms with Crippen molar-refractivity contribution in [1.29, 1.82) is 0 Å². The molecule has 6 rings (SSSR count). The van der Waals surface area contributed by atoms with Crippen LogP contribution in [0.2, 0.25) is 0 Å². The SMILES string of the molecule is C/C=C/C=C/c1cccc(C(c2ccccc2)c2ccc(-c3ccc(N(c4ccccc4)c4cccc(/C=C/C=C/C)c4)cc3)cc2)c1. The molecule has 1 unspecified atom stereocenters. The molecule has 0 radical (unpaired) electrons. The van der Waals surface area contributed by atoms with Crippen molar-refractivity contribution in [2.75, 3.05) is 4.90 Å². The Morgan fingerprint density at radius 1 is 0.396 bits per heavy atom. The number of hydrogen-bond acceptors (Lipinski definition) is 1. The molecule has 1 heteroatoms. The highest BCUT2D eigenvalue weighted by Gasteiger charge is 2.17. The van der Waals surface area contributed by atoms with E-state index in [1.807, 2.05) is 26.0 Å². The minimum Gasteiger partial charge on any atom is -0.310 e. The lowest BCUT2D eigenvalue weighted by Crippen LogP contribution is -2.09. The van der Waals surface area contributed by atoms with Gasteiger partial charge in [0.15, 0.2) is 0 Å². The maximum absolute atomic E-state index is 2.31. The molecule has 1 atom stereocenters. The predicted molar refractivity (Wildman–Crippen MR) is 208 cm³/mol. The number of hydrogen-bond donors (Lipinski definition) is 0. The van der Waals surface area contributed by atoms with Crippen molar-refractivity contribution >= 4 is 29.2 Å². The minimum atomic E-state index is 0.140. The molecule has 0 aromatic heterocycles. The highest BCUT2D eigenvalue weighted by molar-refractivity contribution is 5.79. The first-order chi connectivity index (χ1) is 23.7. The number of allylic oxidation sites excluding steroid dienone is 6. The van der Waals surface area contributed by atoms with Crippen molar-refractivity contribution < 1.29 is 0 Å². The summed E-state index contributed by atoms with van der Waals surface area (Å²) in [6, 6.07) is 56.9. The van der Waals surface area contributed by atoms with Gasteiger partial charge in [0, 0.05) is 23.0 Å². The maximum Gasteiger partial charge on any atom is 0.0467 e. The van der Waals surface area contributed by atoms with E-state index in [0.29, 0.717) is 0 Å². The average Bonchev–Trinajstić information content (AvgIpc) is 3.14. The quantitative estimate of drug-likeness (QED) is 0.103. The summed E-state index contributed by atoms with van der Waals surface area (Å²) >= 11 is 0. The first-order valence-corrected chi connectivity index (χ1v) is 16.6. The summed E-state index contributed by atoms with van der Waals surface area (Å²) in [6.45, 7) is 4.07. The monoisotopic (exact) mass is 619 g/mol. The zero-order chi connectivity index (χ0) is 33.0. The van der Waals surface area contributed by atoms with Gasteiger partial charge in [-0.2, -0.15) is 0 Å². The van der Waals surface area contributed by atoms with Crippen LogP contribution in [0, 0.1) is 0 Å². The third kappa shape index (κ3) is 7.89. The zero-order valence-electron chi connectivity index (χ0n) is 27.7.